The molecule has 1 aromatic heterocycles. The summed E-state index contributed by atoms with van der Waals surface area (Å²) in [7, 11) is 0. The van der Waals surface area contributed by atoms with E-state index in [0.29, 0.717) is 29.8 Å². The van der Waals surface area contributed by atoms with Gasteiger partial charge in [0, 0.05) is 6.54 Å². The van der Waals surface area contributed by atoms with Gasteiger partial charge in [-0.2, -0.15) is 0 Å². The van der Waals surface area contributed by atoms with Crippen molar-refractivity contribution in [3.8, 4) is 0 Å². The van der Waals surface area contributed by atoms with E-state index >= 15 is 0 Å². The highest BCUT2D eigenvalue weighted by atomic mass is 32.1. The largest absolute Gasteiger partial charge is 0.377 e. The zero-order valence-electron chi connectivity index (χ0n) is 10.1. The fraction of sp³-hybridized carbons (Fsp3) is 0.636. The number of nitrogens with two attached hydrogens (primary N) is 1. The Kier molecular flexibility index (Phi) is 3.63. The van der Waals surface area contributed by atoms with Crippen LogP contribution in [0.1, 0.15) is 28.7 Å². The van der Waals surface area contributed by atoms with Crippen molar-refractivity contribution in [2.45, 2.75) is 26.3 Å². The molecule has 1 aliphatic heterocycles. The van der Waals surface area contributed by atoms with Crippen LogP contribution in [0.5, 0.6) is 0 Å². The van der Waals surface area contributed by atoms with Crippen LogP contribution >= 0.6 is 11.3 Å². The quantitative estimate of drug-likeness (QED) is 0.864. The lowest BCUT2D eigenvalue weighted by molar-refractivity contribution is -0.00258. The first-order chi connectivity index (χ1) is 8.13. The van der Waals surface area contributed by atoms with E-state index in [-0.39, 0.29) is 11.9 Å². The second-order valence-corrected chi connectivity index (χ2v) is 5.13. The molecule has 1 fully saturated rings. The Labute approximate surface area is 105 Å². The van der Waals surface area contributed by atoms with Crippen molar-refractivity contribution in [3.63, 3.8) is 0 Å². The maximum atomic E-state index is 12.4. The number of rotatable bonds is 2. The summed E-state index contributed by atoms with van der Waals surface area (Å²) in [4.78, 5) is 19.0. The van der Waals surface area contributed by atoms with Crippen LogP contribution in [0.25, 0.3) is 0 Å². The van der Waals surface area contributed by atoms with E-state index < -0.39 is 0 Å². The molecule has 1 saturated heterocycles. The molecule has 2 N–H and O–H groups in total. The highest BCUT2D eigenvalue weighted by Crippen LogP contribution is 2.23. The lowest BCUT2D eigenvalue weighted by Crippen LogP contribution is -2.48. The zero-order chi connectivity index (χ0) is 12.4. The van der Waals surface area contributed by atoms with Crippen molar-refractivity contribution in [1.82, 2.24) is 9.88 Å². The van der Waals surface area contributed by atoms with Gasteiger partial charge in [-0.25, -0.2) is 4.98 Å². The van der Waals surface area contributed by atoms with Gasteiger partial charge in [-0.3, -0.25) is 4.79 Å². The molecule has 2 heterocycles. The predicted molar refractivity (Wildman–Crippen MR) is 67.2 cm³/mol. The molecule has 1 amide bonds. The SMILES string of the molecule is CCC1COCCN1C(=O)c1sc(N)nc1C. The van der Waals surface area contributed by atoms with E-state index in [9.17, 15) is 4.79 Å². The van der Waals surface area contributed by atoms with Gasteiger partial charge >= 0.3 is 0 Å². The summed E-state index contributed by atoms with van der Waals surface area (Å²) >= 11 is 1.26. The Hall–Kier alpha value is -1.14. The molecule has 1 aliphatic rings. The average Bonchev–Trinajstić information content (AvgIpc) is 2.67. The number of nitrogen functional groups attached to an aromatic ring is 1. The number of thiazole rings is 1. The molecule has 1 atom stereocenters. The monoisotopic (exact) mass is 255 g/mol. The number of carbonyl (C=O) groups excluding carboxylic acids is 1. The molecule has 2 rings (SSSR count). The van der Waals surface area contributed by atoms with Crippen LogP contribution in [0.2, 0.25) is 0 Å². The molecule has 1 aromatic rings. The normalized spacial score (nSPS) is 20.6. The Morgan fingerprint density at radius 2 is 2.47 bits per heavy atom. The standard InChI is InChI=1S/C11H17N3O2S/c1-3-8-6-16-5-4-14(8)10(15)9-7(2)13-11(12)17-9/h8H,3-6H2,1-2H3,(H2,12,13). The minimum Gasteiger partial charge on any atom is -0.377 e. The van der Waals surface area contributed by atoms with Gasteiger partial charge in [0.1, 0.15) is 4.88 Å². The first-order valence-corrected chi connectivity index (χ1v) is 6.56. The molecule has 94 valence electrons. The first kappa shape index (κ1) is 12.3. The predicted octanol–water partition coefficient (Wildman–Crippen LogP) is 1.28. The third-order valence-electron chi connectivity index (χ3n) is 2.97. The minimum absolute atomic E-state index is 0.0341. The number of nitrogens with zero attached hydrogens (tertiary/aromatic N) is 2. The molecule has 17 heavy (non-hydrogen) atoms. The van der Waals surface area contributed by atoms with Crippen molar-refractivity contribution < 1.29 is 9.53 Å². The number of amides is 1. The summed E-state index contributed by atoms with van der Waals surface area (Å²) < 4.78 is 5.39. The summed E-state index contributed by atoms with van der Waals surface area (Å²) in [5.74, 6) is 0.0341. The molecule has 0 aromatic carbocycles. The van der Waals surface area contributed by atoms with Crippen LogP contribution in [-0.4, -0.2) is 41.6 Å². The van der Waals surface area contributed by atoms with Crippen LogP contribution in [0.15, 0.2) is 0 Å². The summed E-state index contributed by atoms with van der Waals surface area (Å²) in [6.07, 6.45) is 0.902. The van der Waals surface area contributed by atoms with Gasteiger partial charge in [0.15, 0.2) is 5.13 Å². The fourth-order valence-electron chi connectivity index (χ4n) is 2.01. The first-order valence-electron chi connectivity index (χ1n) is 5.75. The third-order valence-corrected chi connectivity index (χ3v) is 3.94. The number of ether oxygens (including phenoxy) is 1. The van der Waals surface area contributed by atoms with Crippen molar-refractivity contribution >= 4 is 22.4 Å². The van der Waals surface area contributed by atoms with Gasteiger partial charge < -0.3 is 15.4 Å². The topological polar surface area (TPSA) is 68.5 Å². The smallest absolute Gasteiger partial charge is 0.266 e. The number of aromatic nitrogens is 1. The van der Waals surface area contributed by atoms with E-state index in [4.69, 9.17) is 10.5 Å². The van der Waals surface area contributed by atoms with Crippen LogP contribution in [0.3, 0.4) is 0 Å². The van der Waals surface area contributed by atoms with E-state index in [2.05, 4.69) is 11.9 Å². The number of carbonyl (C=O) groups is 1. The van der Waals surface area contributed by atoms with E-state index in [0.717, 1.165) is 12.1 Å². The third kappa shape index (κ3) is 2.42. The number of aryl methyl sites for hydroxylation is 1. The molecule has 5 nitrogen and oxygen atoms in total. The van der Waals surface area contributed by atoms with Crippen LogP contribution in [0, 0.1) is 6.92 Å². The molecule has 0 bridgehead atoms. The molecular weight excluding hydrogens is 238 g/mol. The minimum atomic E-state index is 0.0341. The van der Waals surface area contributed by atoms with Crippen molar-refractivity contribution in [2.24, 2.45) is 0 Å². The van der Waals surface area contributed by atoms with E-state index in [1.165, 1.54) is 11.3 Å². The lowest BCUT2D eigenvalue weighted by atomic mass is 10.1. The molecule has 1 unspecified atom stereocenters. The van der Waals surface area contributed by atoms with Gasteiger partial charge in [0.25, 0.3) is 5.91 Å². The molecular formula is C11H17N3O2S. The molecule has 0 aliphatic carbocycles. The van der Waals surface area contributed by atoms with Crippen LogP contribution in [-0.2, 0) is 4.74 Å². The summed E-state index contributed by atoms with van der Waals surface area (Å²) in [5.41, 5.74) is 6.35. The Morgan fingerprint density at radius 1 is 1.71 bits per heavy atom. The van der Waals surface area contributed by atoms with Gasteiger partial charge in [-0.05, 0) is 13.3 Å². The van der Waals surface area contributed by atoms with Gasteiger partial charge in [-0.1, -0.05) is 18.3 Å². The Morgan fingerprint density at radius 3 is 3.06 bits per heavy atom. The van der Waals surface area contributed by atoms with Crippen molar-refractivity contribution in [2.75, 3.05) is 25.5 Å². The second-order valence-electron chi connectivity index (χ2n) is 4.10. The lowest BCUT2D eigenvalue weighted by Gasteiger charge is -2.34. The Bertz CT molecular complexity index is 419. The number of hydrogen-bond acceptors (Lipinski definition) is 5. The number of anilines is 1. The van der Waals surface area contributed by atoms with E-state index in [1.54, 1.807) is 0 Å². The fourth-order valence-corrected chi connectivity index (χ4v) is 2.80. The van der Waals surface area contributed by atoms with Gasteiger partial charge in [0.05, 0.1) is 24.9 Å². The van der Waals surface area contributed by atoms with Crippen molar-refractivity contribution in [1.29, 1.82) is 0 Å². The summed E-state index contributed by atoms with van der Waals surface area (Å²) in [6, 6.07) is 0.166. The molecule has 0 saturated carbocycles. The van der Waals surface area contributed by atoms with Crippen molar-refractivity contribution in [3.05, 3.63) is 10.6 Å². The summed E-state index contributed by atoms with van der Waals surface area (Å²) in [5, 5.41) is 0.451. The molecule has 0 spiro atoms. The number of morpholine rings is 1. The summed E-state index contributed by atoms with van der Waals surface area (Å²) in [6.45, 7) is 5.76. The highest BCUT2D eigenvalue weighted by molar-refractivity contribution is 7.17. The maximum Gasteiger partial charge on any atom is 0.266 e. The highest BCUT2D eigenvalue weighted by Gasteiger charge is 2.29. The second kappa shape index (κ2) is 5.01. The average molecular weight is 255 g/mol. The van der Waals surface area contributed by atoms with Crippen LogP contribution in [0.4, 0.5) is 5.13 Å². The van der Waals surface area contributed by atoms with E-state index in [1.807, 2.05) is 11.8 Å². The molecule has 6 heteroatoms. The number of hydrogen-bond donors (Lipinski definition) is 1. The Balaban J connectivity index is 2.21. The van der Waals surface area contributed by atoms with Gasteiger partial charge in [-0.15, -0.1) is 0 Å². The van der Waals surface area contributed by atoms with Gasteiger partial charge in [0.2, 0.25) is 0 Å². The van der Waals surface area contributed by atoms with Crippen LogP contribution < -0.4 is 5.73 Å². The molecule has 0 radical (unpaired) electrons. The zero-order valence-corrected chi connectivity index (χ0v) is 10.9. The maximum absolute atomic E-state index is 12.4.